The second-order valence-corrected chi connectivity index (χ2v) is 9.80. The maximum Gasteiger partial charge on any atom is 0.234 e. The number of nitrogens with zero attached hydrogens (tertiary/aromatic N) is 3. The van der Waals surface area contributed by atoms with Gasteiger partial charge in [0.2, 0.25) is 5.91 Å². The molecule has 0 saturated carbocycles. The third kappa shape index (κ3) is 6.65. The van der Waals surface area contributed by atoms with Crippen LogP contribution in [-0.2, 0) is 22.8 Å². The Labute approximate surface area is 201 Å². The first-order valence-corrected chi connectivity index (χ1v) is 12.7. The summed E-state index contributed by atoms with van der Waals surface area (Å²) in [6.07, 6.45) is 0. The van der Waals surface area contributed by atoms with Crippen LogP contribution < -0.4 is 5.32 Å². The molecule has 0 spiro atoms. The molecule has 0 radical (unpaired) electrons. The van der Waals surface area contributed by atoms with Gasteiger partial charge in [-0.3, -0.25) is 4.79 Å². The number of hydrogen-bond acceptors (Lipinski definition) is 5. The summed E-state index contributed by atoms with van der Waals surface area (Å²) >= 11 is 15.3. The highest BCUT2D eigenvalue weighted by Gasteiger charge is 2.14. The molecule has 1 N–H and O–H groups in total. The van der Waals surface area contributed by atoms with Crippen LogP contribution in [0, 0.1) is 13.8 Å². The van der Waals surface area contributed by atoms with E-state index >= 15 is 0 Å². The lowest BCUT2D eigenvalue weighted by molar-refractivity contribution is -0.113. The van der Waals surface area contributed by atoms with Crippen molar-refractivity contribution in [2.45, 2.75) is 44.0 Å². The maximum atomic E-state index is 12.4. The molecule has 1 aromatic heterocycles. The van der Waals surface area contributed by atoms with Crippen molar-refractivity contribution in [3.05, 3.63) is 69.0 Å². The molecule has 3 rings (SSSR count). The molecule has 164 valence electrons. The second kappa shape index (κ2) is 11.3. The van der Waals surface area contributed by atoms with E-state index in [9.17, 15) is 4.79 Å². The number of amides is 1. The fourth-order valence-electron chi connectivity index (χ4n) is 2.93. The predicted molar refractivity (Wildman–Crippen MR) is 132 cm³/mol. The number of carbonyl (C=O) groups is 1. The number of nitrogens with one attached hydrogen (secondary N) is 1. The molecule has 0 aliphatic heterocycles. The van der Waals surface area contributed by atoms with Gasteiger partial charge in [0.25, 0.3) is 0 Å². The lowest BCUT2D eigenvalue weighted by Crippen LogP contribution is -2.15. The highest BCUT2D eigenvalue weighted by molar-refractivity contribution is 7.99. The van der Waals surface area contributed by atoms with Crippen LogP contribution in [0.2, 0.25) is 10.0 Å². The highest BCUT2D eigenvalue weighted by Crippen LogP contribution is 2.27. The van der Waals surface area contributed by atoms with Crippen LogP contribution in [0.3, 0.4) is 0 Å². The molecule has 0 fully saturated rings. The Morgan fingerprint density at radius 2 is 1.90 bits per heavy atom. The number of thioether (sulfide) groups is 2. The molecule has 3 aromatic rings. The Morgan fingerprint density at radius 1 is 1.10 bits per heavy atom. The normalized spacial score (nSPS) is 11.0. The fourth-order valence-corrected chi connectivity index (χ4v) is 5.27. The number of anilines is 1. The van der Waals surface area contributed by atoms with E-state index in [0.29, 0.717) is 15.8 Å². The van der Waals surface area contributed by atoms with Crippen molar-refractivity contribution >= 4 is 58.3 Å². The molecule has 1 amide bonds. The van der Waals surface area contributed by atoms with Gasteiger partial charge in [0.05, 0.1) is 11.5 Å². The quantitative estimate of drug-likeness (QED) is 0.349. The zero-order valence-electron chi connectivity index (χ0n) is 17.6. The summed E-state index contributed by atoms with van der Waals surface area (Å²) < 4.78 is 2.05. The van der Waals surface area contributed by atoms with Crippen molar-refractivity contribution < 1.29 is 4.79 Å². The van der Waals surface area contributed by atoms with Crippen molar-refractivity contribution in [1.82, 2.24) is 14.8 Å². The molecule has 1 heterocycles. The number of aromatic nitrogens is 3. The Hall–Kier alpha value is -1.67. The summed E-state index contributed by atoms with van der Waals surface area (Å²) in [5, 5.41) is 13.7. The largest absolute Gasteiger partial charge is 0.325 e. The molecule has 0 unspecified atom stereocenters. The van der Waals surface area contributed by atoms with Crippen LogP contribution in [0.25, 0.3) is 0 Å². The second-order valence-electron chi connectivity index (χ2n) is 7.03. The molecule has 31 heavy (non-hydrogen) atoms. The van der Waals surface area contributed by atoms with Crippen molar-refractivity contribution in [3.8, 4) is 0 Å². The molecule has 0 saturated heterocycles. The molecule has 5 nitrogen and oxygen atoms in total. The number of halogens is 2. The molecular weight excluding hydrogens is 471 g/mol. The van der Waals surface area contributed by atoms with Gasteiger partial charge < -0.3 is 9.88 Å². The van der Waals surface area contributed by atoms with Gasteiger partial charge in [-0.25, -0.2) is 0 Å². The van der Waals surface area contributed by atoms with Crippen molar-refractivity contribution in [3.63, 3.8) is 0 Å². The van der Waals surface area contributed by atoms with Gasteiger partial charge in [0.1, 0.15) is 5.82 Å². The molecule has 0 aliphatic carbocycles. The minimum Gasteiger partial charge on any atom is -0.325 e. The minimum atomic E-state index is -0.0577. The van der Waals surface area contributed by atoms with Crippen LogP contribution >= 0.6 is 46.7 Å². The average Bonchev–Trinajstić information content (AvgIpc) is 3.12. The fraction of sp³-hybridized carbons (Fsp3) is 0.318. The summed E-state index contributed by atoms with van der Waals surface area (Å²) in [5.41, 5.74) is 4.04. The SMILES string of the molecule is CCn1c(CSCc2ccc(Cl)cc2Cl)nnc1SCC(=O)Nc1cc(C)ccc1C. The minimum absolute atomic E-state index is 0.0577. The van der Waals surface area contributed by atoms with Gasteiger partial charge in [-0.2, -0.15) is 0 Å². The topological polar surface area (TPSA) is 59.8 Å². The van der Waals surface area contributed by atoms with Crippen molar-refractivity contribution in [2.75, 3.05) is 11.1 Å². The first-order valence-electron chi connectivity index (χ1n) is 9.81. The van der Waals surface area contributed by atoms with E-state index < -0.39 is 0 Å². The van der Waals surface area contributed by atoms with Gasteiger partial charge in [-0.1, -0.05) is 53.2 Å². The van der Waals surface area contributed by atoms with E-state index in [-0.39, 0.29) is 11.7 Å². The summed E-state index contributed by atoms with van der Waals surface area (Å²) in [6.45, 7) is 6.78. The summed E-state index contributed by atoms with van der Waals surface area (Å²) in [6, 6.07) is 11.6. The lowest BCUT2D eigenvalue weighted by atomic mass is 10.1. The van der Waals surface area contributed by atoms with Gasteiger partial charge in [-0.05, 0) is 55.7 Å². The molecule has 0 bridgehead atoms. The van der Waals surface area contributed by atoms with Gasteiger partial charge in [0.15, 0.2) is 5.16 Å². The Bertz CT molecular complexity index is 1070. The third-order valence-electron chi connectivity index (χ3n) is 4.61. The number of benzene rings is 2. The molecule has 0 atom stereocenters. The zero-order valence-corrected chi connectivity index (χ0v) is 20.8. The molecular formula is C22H24Cl2N4OS2. The number of hydrogen-bond donors (Lipinski definition) is 1. The number of aryl methyl sites for hydroxylation is 2. The van der Waals surface area contributed by atoms with E-state index in [1.54, 1.807) is 17.8 Å². The van der Waals surface area contributed by atoms with E-state index in [2.05, 4.69) is 15.5 Å². The van der Waals surface area contributed by atoms with Crippen LogP contribution in [0.15, 0.2) is 41.6 Å². The van der Waals surface area contributed by atoms with E-state index in [4.69, 9.17) is 23.2 Å². The summed E-state index contributed by atoms with van der Waals surface area (Å²) in [4.78, 5) is 12.4. The molecule has 0 aliphatic rings. The number of carbonyl (C=O) groups excluding carboxylic acids is 1. The van der Waals surface area contributed by atoms with Crippen LogP contribution in [0.1, 0.15) is 29.4 Å². The molecule has 9 heteroatoms. The first kappa shape index (κ1) is 24.0. The van der Waals surface area contributed by atoms with Gasteiger partial charge in [-0.15, -0.1) is 22.0 Å². The summed E-state index contributed by atoms with van der Waals surface area (Å²) in [7, 11) is 0. The van der Waals surface area contributed by atoms with Gasteiger partial charge in [0, 0.05) is 28.0 Å². The van der Waals surface area contributed by atoms with Crippen LogP contribution in [-0.4, -0.2) is 26.4 Å². The van der Waals surface area contributed by atoms with E-state index in [0.717, 1.165) is 45.7 Å². The predicted octanol–water partition coefficient (Wildman–Crippen LogP) is 6.39. The smallest absolute Gasteiger partial charge is 0.234 e. The van der Waals surface area contributed by atoms with E-state index in [1.165, 1.54) is 11.8 Å². The van der Waals surface area contributed by atoms with E-state index in [1.807, 2.05) is 55.7 Å². The van der Waals surface area contributed by atoms with Crippen molar-refractivity contribution in [1.29, 1.82) is 0 Å². The Kier molecular flexibility index (Phi) is 8.72. The molecule has 2 aromatic carbocycles. The monoisotopic (exact) mass is 494 g/mol. The Balaban J connectivity index is 1.55. The maximum absolute atomic E-state index is 12.4. The standard InChI is InChI=1S/C22H24Cl2N4OS2/c1-4-28-20(12-30-11-16-7-8-17(23)10-18(16)24)26-27-22(28)31-13-21(29)25-19-9-14(2)5-6-15(19)3/h5-10H,4,11-13H2,1-3H3,(H,25,29). The number of rotatable bonds is 9. The highest BCUT2D eigenvalue weighted by atomic mass is 35.5. The van der Waals surface area contributed by atoms with Crippen LogP contribution in [0.4, 0.5) is 5.69 Å². The average molecular weight is 496 g/mol. The Morgan fingerprint density at radius 3 is 2.65 bits per heavy atom. The zero-order chi connectivity index (χ0) is 22.4. The summed E-state index contributed by atoms with van der Waals surface area (Å²) in [5.74, 6) is 2.56. The van der Waals surface area contributed by atoms with Crippen LogP contribution in [0.5, 0.6) is 0 Å². The first-order chi connectivity index (χ1) is 14.9. The third-order valence-corrected chi connectivity index (χ3v) is 7.14. The lowest BCUT2D eigenvalue weighted by Gasteiger charge is -2.10. The van der Waals surface area contributed by atoms with Crippen molar-refractivity contribution in [2.24, 2.45) is 0 Å². The van der Waals surface area contributed by atoms with Gasteiger partial charge >= 0.3 is 0 Å².